The van der Waals surface area contributed by atoms with E-state index in [1.54, 1.807) is 7.11 Å². The van der Waals surface area contributed by atoms with Gasteiger partial charge in [0.2, 0.25) is 0 Å². The van der Waals surface area contributed by atoms with Gasteiger partial charge in [-0.1, -0.05) is 12.1 Å². The summed E-state index contributed by atoms with van der Waals surface area (Å²) in [6.45, 7) is 0. The quantitative estimate of drug-likeness (QED) is 0.868. The Hall–Kier alpha value is -1.02. The van der Waals surface area contributed by atoms with Crippen molar-refractivity contribution in [3.8, 4) is 5.75 Å². The van der Waals surface area contributed by atoms with Gasteiger partial charge in [-0.25, -0.2) is 0 Å². The molecule has 0 unspecified atom stereocenters. The second-order valence-corrected chi connectivity index (χ2v) is 5.64. The molecule has 1 aromatic rings. The van der Waals surface area contributed by atoms with Crippen LogP contribution in [0.2, 0.25) is 0 Å². The third kappa shape index (κ3) is 2.06. The monoisotopic (exact) mass is 231 g/mol. The molecule has 0 bridgehead atoms. The van der Waals surface area contributed by atoms with E-state index in [1.165, 1.54) is 42.4 Å². The first-order valence-electron chi connectivity index (χ1n) is 6.68. The van der Waals surface area contributed by atoms with Crippen molar-refractivity contribution in [2.24, 2.45) is 5.73 Å². The Labute approximate surface area is 103 Å². The summed E-state index contributed by atoms with van der Waals surface area (Å²) in [7, 11) is 1.80. The van der Waals surface area contributed by atoms with Gasteiger partial charge in [0, 0.05) is 5.54 Å². The van der Waals surface area contributed by atoms with Gasteiger partial charge in [0.1, 0.15) is 5.75 Å². The highest BCUT2D eigenvalue weighted by atomic mass is 16.5. The van der Waals surface area contributed by atoms with E-state index in [4.69, 9.17) is 10.5 Å². The molecule has 0 amide bonds. The number of ether oxygens (including phenoxy) is 1. The highest BCUT2D eigenvalue weighted by molar-refractivity contribution is 5.48. The Kier molecular flexibility index (Phi) is 2.62. The summed E-state index contributed by atoms with van der Waals surface area (Å²) in [5, 5.41) is 0. The van der Waals surface area contributed by atoms with Crippen molar-refractivity contribution in [2.75, 3.05) is 7.11 Å². The molecule has 0 spiro atoms. The highest BCUT2D eigenvalue weighted by Crippen LogP contribution is 2.40. The third-order valence-corrected chi connectivity index (χ3v) is 4.20. The maximum Gasteiger partial charge on any atom is 0.125 e. The SMILES string of the molecule is COc1c(CC2(N)CC2)ccc2c1CCCC2. The molecule has 1 fully saturated rings. The zero-order valence-electron chi connectivity index (χ0n) is 10.6. The van der Waals surface area contributed by atoms with Gasteiger partial charge in [-0.3, -0.25) is 0 Å². The number of rotatable bonds is 3. The molecule has 0 atom stereocenters. The zero-order chi connectivity index (χ0) is 11.9. The number of methoxy groups -OCH3 is 1. The van der Waals surface area contributed by atoms with E-state index in [2.05, 4.69) is 12.1 Å². The lowest BCUT2D eigenvalue weighted by Crippen LogP contribution is -2.25. The van der Waals surface area contributed by atoms with Gasteiger partial charge in [-0.15, -0.1) is 0 Å². The Morgan fingerprint density at radius 2 is 2.00 bits per heavy atom. The van der Waals surface area contributed by atoms with Gasteiger partial charge < -0.3 is 10.5 Å². The van der Waals surface area contributed by atoms with E-state index in [9.17, 15) is 0 Å². The van der Waals surface area contributed by atoms with Crippen molar-refractivity contribution in [2.45, 2.75) is 50.5 Å². The van der Waals surface area contributed by atoms with Gasteiger partial charge in [0.05, 0.1) is 7.11 Å². The lowest BCUT2D eigenvalue weighted by atomic mass is 9.88. The Bertz CT molecular complexity index is 435. The molecular weight excluding hydrogens is 210 g/mol. The fraction of sp³-hybridized carbons (Fsp3) is 0.600. The fourth-order valence-corrected chi connectivity index (χ4v) is 2.95. The van der Waals surface area contributed by atoms with E-state index >= 15 is 0 Å². The van der Waals surface area contributed by atoms with Gasteiger partial charge in [-0.05, 0) is 61.6 Å². The second-order valence-electron chi connectivity index (χ2n) is 5.64. The van der Waals surface area contributed by atoms with Crippen molar-refractivity contribution in [1.82, 2.24) is 0 Å². The summed E-state index contributed by atoms with van der Waals surface area (Å²) in [5.41, 5.74) is 10.5. The summed E-state index contributed by atoms with van der Waals surface area (Å²) in [6.07, 6.45) is 8.28. The van der Waals surface area contributed by atoms with Crippen LogP contribution in [0.25, 0.3) is 0 Å². The van der Waals surface area contributed by atoms with Crippen LogP contribution < -0.4 is 10.5 Å². The molecule has 3 rings (SSSR count). The van der Waals surface area contributed by atoms with Crippen LogP contribution in [0.4, 0.5) is 0 Å². The van der Waals surface area contributed by atoms with Crippen LogP contribution >= 0.6 is 0 Å². The smallest absolute Gasteiger partial charge is 0.125 e. The number of benzene rings is 1. The average Bonchev–Trinajstić information content (AvgIpc) is 3.07. The lowest BCUT2D eigenvalue weighted by Gasteiger charge is -2.22. The van der Waals surface area contributed by atoms with E-state index in [1.807, 2.05) is 0 Å². The predicted octanol–water partition coefficient (Wildman–Crippen LogP) is 2.61. The standard InChI is InChI=1S/C15H21NO/c1-17-14-12(10-15(16)8-9-15)7-6-11-4-2-3-5-13(11)14/h6-7H,2-5,8-10,16H2,1H3. The lowest BCUT2D eigenvalue weighted by molar-refractivity contribution is 0.398. The molecule has 92 valence electrons. The summed E-state index contributed by atoms with van der Waals surface area (Å²) in [6, 6.07) is 4.52. The largest absolute Gasteiger partial charge is 0.496 e. The van der Waals surface area contributed by atoms with Crippen molar-refractivity contribution in [3.63, 3.8) is 0 Å². The normalized spacial score (nSPS) is 20.8. The molecule has 0 aliphatic heterocycles. The first-order chi connectivity index (χ1) is 8.22. The summed E-state index contributed by atoms with van der Waals surface area (Å²) >= 11 is 0. The first-order valence-corrected chi connectivity index (χ1v) is 6.68. The van der Waals surface area contributed by atoms with E-state index < -0.39 is 0 Å². The van der Waals surface area contributed by atoms with Crippen molar-refractivity contribution in [3.05, 3.63) is 28.8 Å². The summed E-state index contributed by atoms with van der Waals surface area (Å²) in [5.74, 6) is 1.12. The zero-order valence-corrected chi connectivity index (χ0v) is 10.6. The molecule has 1 saturated carbocycles. The van der Waals surface area contributed by atoms with Gasteiger partial charge >= 0.3 is 0 Å². The molecule has 0 radical (unpaired) electrons. The number of nitrogens with two attached hydrogens (primary N) is 1. The molecular formula is C15H21NO. The fourth-order valence-electron chi connectivity index (χ4n) is 2.95. The molecule has 0 heterocycles. The van der Waals surface area contributed by atoms with Gasteiger partial charge in [0.25, 0.3) is 0 Å². The molecule has 0 saturated heterocycles. The highest BCUT2D eigenvalue weighted by Gasteiger charge is 2.39. The first kappa shape index (κ1) is 11.1. The Morgan fingerprint density at radius 3 is 2.71 bits per heavy atom. The van der Waals surface area contributed by atoms with Crippen LogP contribution in [-0.4, -0.2) is 12.6 Å². The Morgan fingerprint density at radius 1 is 1.24 bits per heavy atom. The van der Waals surface area contributed by atoms with Gasteiger partial charge in [-0.2, -0.15) is 0 Å². The number of aryl methyl sites for hydroxylation is 1. The van der Waals surface area contributed by atoms with Crippen molar-refractivity contribution >= 4 is 0 Å². The summed E-state index contributed by atoms with van der Waals surface area (Å²) < 4.78 is 5.66. The number of hydrogen-bond donors (Lipinski definition) is 1. The van der Waals surface area contributed by atoms with Crippen LogP contribution in [0.15, 0.2) is 12.1 Å². The molecule has 17 heavy (non-hydrogen) atoms. The topological polar surface area (TPSA) is 35.2 Å². The van der Waals surface area contributed by atoms with Gasteiger partial charge in [0.15, 0.2) is 0 Å². The summed E-state index contributed by atoms with van der Waals surface area (Å²) in [4.78, 5) is 0. The Balaban J connectivity index is 1.97. The minimum Gasteiger partial charge on any atom is -0.496 e. The molecule has 0 aromatic heterocycles. The van der Waals surface area contributed by atoms with Crippen LogP contribution in [-0.2, 0) is 19.3 Å². The third-order valence-electron chi connectivity index (χ3n) is 4.20. The molecule has 2 N–H and O–H groups in total. The predicted molar refractivity (Wildman–Crippen MR) is 69.5 cm³/mol. The minimum absolute atomic E-state index is 0.0657. The van der Waals surface area contributed by atoms with E-state index in [0.29, 0.717) is 0 Å². The number of fused-ring (bicyclic) bond motifs is 1. The van der Waals surface area contributed by atoms with E-state index in [-0.39, 0.29) is 5.54 Å². The molecule has 2 aliphatic rings. The number of hydrogen-bond acceptors (Lipinski definition) is 2. The van der Waals surface area contributed by atoms with Crippen LogP contribution in [0.1, 0.15) is 42.4 Å². The van der Waals surface area contributed by atoms with Crippen LogP contribution in [0.5, 0.6) is 5.75 Å². The average molecular weight is 231 g/mol. The maximum absolute atomic E-state index is 6.22. The molecule has 1 aromatic carbocycles. The van der Waals surface area contributed by atoms with Crippen LogP contribution in [0, 0.1) is 0 Å². The van der Waals surface area contributed by atoms with Crippen molar-refractivity contribution < 1.29 is 4.74 Å². The van der Waals surface area contributed by atoms with E-state index in [0.717, 1.165) is 25.0 Å². The molecule has 2 nitrogen and oxygen atoms in total. The maximum atomic E-state index is 6.22. The van der Waals surface area contributed by atoms with Crippen molar-refractivity contribution in [1.29, 1.82) is 0 Å². The molecule has 2 heteroatoms. The van der Waals surface area contributed by atoms with Crippen LogP contribution in [0.3, 0.4) is 0 Å². The minimum atomic E-state index is 0.0657. The molecule has 2 aliphatic carbocycles. The second kappa shape index (κ2) is 4.02.